The average Bonchev–Trinajstić information content (AvgIpc) is 3.62. The summed E-state index contributed by atoms with van der Waals surface area (Å²) in [4.78, 5) is 0. The molecular formula is C42H24OS. The molecule has 0 spiro atoms. The van der Waals surface area contributed by atoms with Crippen molar-refractivity contribution in [2.75, 3.05) is 0 Å². The summed E-state index contributed by atoms with van der Waals surface area (Å²) in [6, 6.07) is 53.2. The molecule has 10 rings (SSSR count). The van der Waals surface area contributed by atoms with E-state index >= 15 is 0 Å². The molecule has 2 heterocycles. The minimum atomic E-state index is 0.939. The number of benzene rings is 8. The molecule has 0 saturated carbocycles. The normalized spacial score (nSPS) is 12.1. The first-order valence-electron chi connectivity index (χ1n) is 15.0. The van der Waals surface area contributed by atoms with Gasteiger partial charge in [-0.05, 0) is 91.0 Å². The topological polar surface area (TPSA) is 13.1 Å². The van der Waals surface area contributed by atoms with Crippen molar-refractivity contribution in [3.8, 4) is 22.3 Å². The average molecular weight is 577 g/mol. The Bertz CT molecular complexity index is 2720. The zero-order chi connectivity index (χ0) is 28.8. The number of para-hydroxylation sites is 1. The van der Waals surface area contributed by atoms with Gasteiger partial charge >= 0.3 is 0 Å². The van der Waals surface area contributed by atoms with Gasteiger partial charge in [-0.15, -0.1) is 11.3 Å². The van der Waals surface area contributed by atoms with Gasteiger partial charge in [-0.25, -0.2) is 0 Å². The monoisotopic (exact) mass is 576 g/mol. The Morgan fingerprint density at radius 2 is 0.909 bits per heavy atom. The van der Waals surface area contributed by atoms with Crippen LogP contribution >= 0.6 is 11.3 Å². The van der Waals surface area contributed by atoms with Crippen molar-refractivity contribution in [2.45, 2.75) is 0 Å². The van der Waals surface area contributed by atoms with Crippen LogP contribution in [0, 0.1) is 0 Å². The molecule has 2 aromatic heterocycles. The van der Waals surface area contributed by atoms with Gasteiger partial charge in [-0.3, -0.25) is 0 Å². The highest BCUT2D eigenvalue weighted by Crippen LogP contribution is 2.46. The molecule has 0 unspecified atom stereocenters. The molecule has 1 nitrogen and oxygen atoms in total. The zero-order valence-electron chi connectivity index (χ0n) is 23.7. The molecule has 0 aliphatic rings. The second-order valence-electron chi connectivity index (χ2n) is 11.7. The lowest BCUT2D eigenvalue weighted by molar-refractivity contribution is 0.669. The van der Waals surface area contributed by atoms with Crippen molar-refractivity contribution >= 4 is 85.8 Å². The fourth-order valence-corrected chi connectivity index (χ4v) is 8.35. The van der Waals surface area contributed by atoms with E-state index in [9.17, 15) is 0 Å². The van der Waals surface area contributed by atoms with Gasteiger partial charge in [0.25, 0.3) is 0 Å². The summed E-state index contributed by atoms with van der Waals surface area (Å²) in [6.45, 7) is 0. The van der Waals surface area contributed by atoms with Crippen molar-refractivity contribution < 1.29 is 4.42 Å². The van der Waals surface area contributed by atoms with Crippen molar-refractivity contribution in [1.82, 2.24) is 0 Å². The van der Waals surface area contributed by atoms with Gasteiger partial charge in [0.15, 0.2) is 0 Å². The number of rotatable bonds is 2. The van der Waals surface area contributed by atoms with Crippen LogP contribution in [0.25, 0.3) is 96.7 Å². The Morgan fingerprint density at radius 3 is 1.64 bits per heavy atom. The van der Waals surface area contributed by atoms with Crippen molar-refractivity contribution in [3.63, 3.8) is 0 Å². The van der Waals surface area contributed by atoms with E-state index in [2.05, 4.69) is 140 Å². The SMILES string of the molecule is c1ccc2cc(-c3c4ccccc4c(-c4ccc5sc6cc7c(cc6c5c4)oc4ccccc47)c4ccccc34)ccc2c1. The molecule has 0 aliphatic heterocycles. The maximum atomic E-state index is 6.30. The first-order valence-corrected chi connectivity index (χ1v) is 15.8. The van der Waals surface area contributed by atoms with Crippen LogP contribution in [0.5, 0.6) is 0 Å². The minimum absolute atomic E-state index is 0.939. The Balaban J connectivity index is 1.26. The molecule has 44 heavy (non-hydrogen) atoms. The number of hydrogen-bond donors (Lipinski definition) is 0. The molecule has 0 atom stereocenters. The Labute approximate surface area is 257 Å². The van der Waals surface area contributed by atoms with Crippen LogP contribution in [0.4, 0.5) is 0 Å². The predicted molar refractivity (Wildman–Crippen MR) is 190 cm³/mol. The summed E-state index contributed by atoms with van der Waals surface area (Å²) in [7, 11) is 0. The molecule has 0 saturated heterocycles. The largest absolute Gasteiger partial charge is 0.456 e. The maximum absolute atomic E-state index is 6.30. The molecule has 0 amide bonds. The molecular weight excluding hydrogens is 553 g/mol. The molecule has 0 aliphatic carbocycles. The van der Waals surface area contributed by atoms with Gasteiger partial charge in [-0.1, -0.05) is 109 Å². The maximum Gasteiger partial charge on any atom is 0.136 e. The molecule has 0 N–H and O–H groups in total. The fourth-order valence-electron chi connectivity index (χ4n) is 7.25. The summed E-state index contributed by atoms with van der Waals surface area (Å²) >= 11 is 1.86. The van der Waals surface area contributed by atoms with E-state index in [-0.39, 0.29) is 0 Å². The summed E-state index contributed by atoms with van der Waals surface area (Å²) < 4.78 is 8.88. The van der Waals surface area contributed by atoms with Gasteiger partial charge in [-0.2, -0.15) is 0 Å². The molecule has 0 radical (unpaired) electrons. The molecule has 0 fully saturated rings. The number of thiophene rings is 1. The Morgan fingerprint density at radius 1 is 0.341 bits per heavy atom. The van der Waals surface area contributed by atoms with E-state index in [4.69, 9.17) is 4.42 Å². The van der Waals surface area contributed by atoms with Crippen LogP contribution in [-0.4, -0.2) is 0 Å². The third-order valence-electron chi connectivity index (χ3n) is 9.23. The van der Waals surface area contributed by atoms with E-state index in [1.807, 2.05) is 17.4 Å². The second kappa shape index (κ2) is 9.03. The highest BCUT2D eigenvalue weighted by Gasteiger charge is 2.18. The highest BCUT2D eigenvalue weighted by atomic mass is 32.1. The van der Waals surface area contributed by atoms with Crippen molar-refractivity contribution in [2.24, 2.45) is 0 Å². The van der Waals surface area contributed by atoms with Gasteiger partial charge in [0.1, 0.15) is 11.2 Å². The number of furan rings is 1. The smallest absolute Gasteiger partial charge is 0.136 e. The van der Waals surface area contributed by atoms with Crippen LogP contribution in [0.3, 0.4) is 0 Å². The van der Waals surface area contributed by atoms with Crippen molar-refractivity contribution in [1.29, 1.82) is 0 Å². The lowest BCUT2D eigenvalue weighted by Crippen LogP contribution is -1.91. The molecule has 2 heteroatoms. The van der Waals surface area contributed by atoms with Gasteiger partial charge < -0.3 is 4.42 Å². The van der Waals surface area contributed by atoms with Gasteiger partial charge in [0.05, 0.1) is 0 Å². The number of hydrogen-bond acceptors (Lipinski definition) is 2. The van der Waals surface area contributed by atoms with Crippen molar-refractivity contribution in [3.05, 3.63) is 146 Å². The van der Waals surface area contributed by atoms with Crippen LogP contribution in [-0.2, 0) is 0 Å². The second-order valence-corrected chi connectivity index (χ2v) is 12.7. The Kier molecular flexibility index (Phi) is 4.94. The summed E-state index contributed by atoms with van der Waals surface area (Å²) in [5.74, 6) is 0. The molecule has 8 aromatic carbocycles. The summed E-state index contributed by atoms with van der Waals surface area (Å²) in [6.07, 6.45) is 0. The lowest BCUT2D eigenvalue weighted by Gasteiger charge is -2.18. The van der Waals surface area contributed by atoms with E-state index in [0.717, 1.165) is 11.2 Å². The third-order valence-corrected chi connectivity index (χ3v) is 10.4. The quantitative estimate of drug-likeness (QED) is 0.187. The van der Waals surface area contributed by atoms with E-state index in [1.54, 1.807) is 0 Å². The standard InChI is InChI=1S/C42H24OS/c1-2-10-26-21-27(18-17-25(26)9-1)41-30-12-3-5-14-32(30)42(33-15-6-4-13-31(33)41)28-19-20-39-35(22-28)36-23-38-34(24-40(36)44-39)29-11-7-8-16-37(29)43-38/h1-24H. The minimum Gasteiger partial charge on any atom is -0.456 e. The van der Waals surface area contributed by atoms with Crippen LogP contribution in [0.1, 0.15) is 0 Å². The van der Waals surface area contributed by atoms with Crippen LogP contribution in [0.15, 0.2) is 150 Å². The first-order chi connectivity index (χ1) is 21.8. The molecule has 204 valence electrons. The highest BCUT2D eigenvalue weighted by molar-refractivity contribution is 7.25. The lowest BCUT2D eigenvalue weighted by atomic mass is 9.85. The van der Waals surface area contributed by atoms with E-state index in [1.165, 1.54) is 85.5 Å². The zero-order valence-corrected chi connectivity index (χ0v) is 24.5. The first kappa shape index (κ1) is 24.0. The van der Waals surface area contributed by atoms with Crippen LogP contribution in [0.2, 0.25) is 0 Å². The third kappa shape index (κ3) is 3.40. The van der Waals surface area contributed by atoms with E-state index < -0.39 is 0 Å². The number of fused-ring (bicyclic) bond motifs is 9. The predicted octanol–water partition coefficient (Wildman–Crippen LogP) is 12.7. The van der Waals surface area contributed by atoms with Crippen LogP contribution < -0.4 is 0 Å². The van der Waals surface area contributed by atoms with Gasteiger partial charge in [0.2, 0.25) is 0 Å². The fraction of sp³-hybridized carbons (Fsp3) is 0. The summed E-state index contributed by atoms with van der Waals surface area (Å²) in [5, 5.41) is 12.5. The molecule has 10 aromatic rings. The molecule has 0 bridgehead atoms. The van der Waals surface area contributed by atoms with Gasteiger partial charge in [0, 0.05) is 30.9 Å². The van der Waals surface area contributed by atoms with E-state index in [0.29, 0.717) is 0 Å². The Hall–Kier alpha value is -5.44. The summed E-state index contributed by atoms with van der Waals surface area (Å²) in [5.41, 5.74) is 6.94.